The molecule has 2 aliphatic heterocycles. The summed E-state index contributed by atoms with van der Waals surface area (Å²) >= 11 is 0. The van der Waals surface area contributed by atoms with E-state index < -0.39 is 0 Å². The number of benzene rings is 1. The summed E-state index contributed by atoms with van der Waals surface area (Å²) < 4.78 is 5.89. The maximum absolute atomic E-state index is 5.89. The number of hydrogen-bond acceptors (Lipinski definition) is 3. The third kappa shape index (κ3) is 2.20. The largest absolute Gasteiger partial charge is 0.375 e. The lowest BCUT2D eigenvalue weighted by Crippen LogP contribution is -2.47. The zero-order valence-electron chi connectivity index (χ0n) is 11.4. The van der Waals surface area contributed by atoms with Crippen molar-refractivity contribution in [1.82, 2.24) is 10.2 Å². The van der Waals surface area contributed by atoms with E-state index in [0.717, 1.165) is 32.8 Å². The van der Waals surface area contributed by atoms with Crippen molar-refractivity contribution in [2.45, 2.75) is 51.0 Å². The minimum atomic E-state index is 0.504. The van der Waals surface area contributed by atoms with Crippen LogP contribution < -0.4 is 5.32 Å². The van der Waals surface area contributed by atoms with Crippen molar-refractivity contribution in [3.63, 3.8) is 0 Å². The predicted molar refractivity (Wildman–Crippen MR) is 74.8 cm³/mol. The molecule has 3 nitrogen and oxygen atoms in total. The molecule has 4 rings (SSSR count). The molecule has 19 heavy (non-hydrogen) atoms. The second-order valence-corrected chi connectivity index (χ2v) is 6.08. The summed E-state index contributed by atoms with van der Waals surface area (Å²) in [4.78, 5) is 2.64. The molecule has 0 amide bonds. The minimum Gasteiger partial charge on any atom is -0.375 e. The molecule has 1 saturated heterocycles. The van der Waals surface area contributed by atoms with Gasteiger partial charge in [0.25, 0.3) is 0 Å². The molecule has 1 aromatic carbocycles. The SMILES string of the molecule is c1cc2c(cc1CN1CCOC3CCCC31)CNC2. The Bertz CT molecular complexity index is 474. The van der Waals surface area contributed by atoms with E-state index in [1.165, 1.54) is 36.0 Å². The third-order valence-electron chi connectivity index (χ3n) is 4.88. The van der Waals surface area contributed by atoms with Crippen LogP contribution in [0.4, 0.5) is 0 Å². The summed E-state index contributed by atoms with van der Waals surface area (Å²) in [5.74, 6) is 0. The highest BCUT2D eigenvalue weighted by atomic mass is 16.5. The molecule has 0 bridgehead atoms. The van der Waals surface area contributed by atoms with Gasteiger partial charge in [0.1, 0.15) is 0 Å². The number of hydrogen-bond donors (Lipinski definition) is 1. The molecule has 0 radical (unpaired) electrons. The quantitative estimate of drug-likeness (QED) is 0.878. The highest BCUT2D eigenvalue weighted by molar-refractivity contribution is 5.34. The summed E-state index contributed by atoms with van der Waals surface area (Å²) in [6, 6.07) is 7.68. The van der Waals surface area contributed by atoms with Crippen molar-refractivity contribution in [2.24, 2.45) is 0 Å². The molecule has 2 heterocycles. The molecular formula is C16H22N2O. The van der Waals surface area contributed by atoms with Crippen LogP contribution >= 0.6 is 0 Å². The van der Waals surface area contributed by atoms with E-state index in [1.807, 2.05) is 0 Å². The second kappa shape index (κ2) is 4.89. The first-order valence-corrected chi connectivity index (χ1v) is 7.57. The Hall–Kier alpha value is -0.900. The maximum atomic E-state index is 5.89. The summed E-state index contributed by atoms with van der Waals surface area (Å²) in [6.45, 7) is 5.18. The van der Waals surface area contributed by atoms with Crippen LogP contribution in [0.15, 0.2) is 18.2 Å². The van der Waals surface area contributed by atoms with Crippen molar-refractivity contribution in [1.29, 1.82) is 0 Å². The van der Waals surface area contributed by atoms with Crippen LogP contribution in [-0.2, 0) is 24.4 Å². The van der Waals surface area contributed by atoms with E-state index in [0.29, 0.717) is 12.1 Å². The Morgan fingerprint density at radius 2 is 2.16 bits per heavy atom. The third-order valence-corrected chi connectivity index (χ3v) is 4.88. The molecular weight excluding hydrogens is 236 g/mol. The van der Waals surface area contributed by atoms with E-state index in [-0.39, 0.29) is 0 Å². The van der Waals surface area contributed by atoms with E-state index >= 15 is 0 Å². The predicted octanol–water partition coefficient (Wildman–Crippen LogP) is 2.04. The van der Waals surface area contributed by atoms with Crippen LogP contribution in [-0.4, -0.2) is 30.2 Å². The van der Waals surface area contributed by atoms with Crippen molar-refractivity contribution in [3.8, 4) is 0 Å². The van der Waals surface area contributed by atoms with E-state index in [4.69, 9.17) is 4.74 Å². The van der Waals surface area contributed by atoms with Crippen LogP contribution in [0.2, 0.25) is 0 Å². The molecule has 1 N–H and O–H groups in total. The normalized spacial score (nSPS) is 30.3. The fourth-order valence-electron chi connectivity index (χ4n) is 3.88. The van der Waals surface area contributed by atoms with Gasteiger partial charge < -0.3 is 10.1 Å². The second-order valence-electron chi connectivity index (χ2n) is 6.08. The molecule has 2 atom stereocenters. The number of rotatable bonds is 2. The van der Waals surface area contributed by atoms with Gasteiger partial charge >= 0.3 is 0 Å². The molecule has 3 aliphatic rings. The molecule has 1 aliphatic carbocycles. The van der Waals surface area contributed by atoms with Crippen LogP contribution in [0.3, 0.4) is 0 Å². The van der Waals surface area contributed by atoms with Crippen molar-refractivity contribution < 1.29 is 4.74 Å². The number of ether oxygens (including phenoxy) is 1. The minimum absolute atomic E-state index is 0.504. The van der Waals surface area contributed by atoms with Crippen LogP contribution in [0.5, 0.6) is 0 Å². The van der Waals surface area contributed by atoms with Gasteiger partial charge in [0.15, 0.2) is 0 Å². The summed E-state index contributed by atoms with van der Waals surface area (Å²) in [5.41, 5.74) is 4.44. The number of nitrogens with one attached hydrogen (secondary N) is 1. The first-order chi connectivity index (χ1) is 9.40. The molecule has 2 unspecified atom stereocenters. The summed E-state index contributed by atoms with van der Waals surface area (Å²) in [7, 11) is 0. The van der Waals surface area contributed by atoms with E-state index in [2.05, 4.69) is 28.4 Å². The lowest BCUT2D eigenvalue weighted by atomic mass is 10.0. The topological polar surface area (TPSA) is 24.5 Å². The molecule has 0 aromatic heterocycles. The first kappa shape index (κ1) is 11.9. The summed E-state index contributed by atoms with van der Waals surface area (Å²) in [6.07, 6.45) is 4.41. The van der Waals surface area contributed by atoms with E-state index in [1.54, 1.807) is 0 Å². The molecule has 102 valence electrons. The van der Waals surface area contributed by atoms with Gasteiger partial charge in [-0.15, -0.1) is 0 Å². The zero-order chi connectivity index (χ0) is 12.7. The molecule has 3 heteroatoms. The van der Waals surface area contributed by atoms with Gasteiger partial charge in [-0.25, -0.2) is 0 Å². The number of fused-ring (bicyclic) bond motifs is 2. The fraction of sp³-hybridized carbons (Fsp3) is 0.625. The Morgan fingerprint density at radius 1 is 1.21 bits per heavy atom. The first-order valence-electron chi connectivity index (χ1n) is 7.57. The lowest BCUT2D eigenvalue weighted by Gasteiger charge is -2.37. The van der Waals surface area contributed by atoms with Gasteiger partial charge in [-0.05, 0) is 36.0 Å². The maximum Gasteiger partial charge on any atom is 0.0731 e. The molecule has 2 fully saturated rings. The average molecular weight is 258 g/mol. The van der Waals surface area contributed by atoms with Gasteiger partial charge in [0, 0.05) is 32.2 Å². The van der Waals surface area contributed by atoms with Gasteiger partial charge in [-0.3, -0.25) is 4.90 Å². The smallest absolute Gasteiger partial charge is 0.0731 e. The fourth-order valence-corrected chi connectivity index (χ4v) is 3.88. The standard InChI is InChI=1S/C16H22N2O/c1-2-15-16(3-1)19-7-6-18(15)11-12-4-5-13-9-17-10-14(13)8-12/h4-5,8,15-17H,1-3,6-7,9-11H2. The van der Waals surface area contributed by atoms with E-state index in [9.17, 15) is 0 Å². The lowest BCUT2D eigenvalue weighted by molar-refractivity contribution is -0.0588. The van der Waals surface area contributed by atoms with Gasteiger partial charge in [0.2, 0.25) is 0 Å². The molecule has 0 spiro atoms. The number of morpholine rings is 1. The highest BCUT2D eigenvalue weighted by Crippen LogP contribution is 2.31. The van der Waals surface area contributed by atoms with Crippen molar-refractivity contribution in [2.75, 3.05) is 13.2 Å². The zero-order valence-corrected chi connectivity index (χ0v) is 11.4. The van der Waals surface area contributed by atoms with Gasteiger partial charge in [-0.2, -0.15) is 0 Å². The van der Waals surface area contributed by atoms with Gasteiger partial charge in [-0.1, -0.05) is 18.2 Å². The Morgan fingerprint density at radius 3 is 3.16 bits per heavy atom. The number of nitrogens with zero attached hydrogens (tertiary/aromatic N) is 1. The molecule has 1 aromatic rings. The Kier molecular flexibility index (Phi) is 3.06. The van der Waals surface area contributed by atoms with Gasteiger partial charge in [0.05, 0.1) is 12.7 Å². The van der Waals surface area contributed by atoms with Crippen LogP contribution in [0.25, 0.3) is 0 Å². The Labute approximate surface area is 114 Å². The van der Waals surface area contributed by atoms with Crippen molar-refractivity contribution in [3.05, 3.63) is 34.9 Å². The average Bonchev–Trinajstić information content (AvgIpc) is 3.06. The van der Waals surface area contributed by atoms with Crippen molar-refractivity contribution >= 4 is 0 Å². The molecule has 1 saturated carbocycles. The van der Waals surface area contributed by atoms with Crippen LogP contribution in [0, 0.1) is 0 Å². The summed E-state index contributed by atoms with van der Waals surface area (Å²) in [5, 5.41) is 3.42. The van der Waals surface area contributed by atoms with Crippen LogP contribution in [0.1, 0.15) is 36.0 Å². The monoisotopic (exact) mass is 258 g/mol. The highest BCUT2D eigenvalue weighted by Gasteiger charge is 2.35. The Balaban J connectivity index is 1.51.